The number of carbonyl (C=O) groups is 1. The zero-order chi connectivity index (χ0) is 13.0. The van der Waals surface area contributed by atoms with Crippen molar-refractivity contribution in [3.8, 4) is 0 Å². The summed E-state index contributed by atoms with van der Waals surface area (Å²) in [6.45, 7) is 2.74. The van der Waals surface area contributed by atoms with Gasteiger partial charge in [-0.05, 0) is 43.4 Å². The number of nitrogens with one attached hydrogen (secondary N) is 1. The van der Waals surface area contributed by atoms with Crippen LogP contribution in [0.5, 0.6) is 0 Å². The lowest BCUT2D eigenvalue weighted by Crippen LogP contribution is -2.40. The lowest BCUT2D eigenvalue weighted by Gasteiger charge is -2.20. The van der Waals surface area contributed by atoms with Crippen LogP contribution in [-0.2, 0) is 6.42 Å². The van der Waals surface area contributed by atoms with E-state index in [2.05, 4.69) is 12.2 Å². The summed E-state index contributed by atoms with van der Waals surface area (Å²) >= 11 is 0. The van der Waals surface area contributed by atoms with Gasteiger partial charge < -0.3 is 11.1 Å². The molecule has 0 aromatic heterocycles. The molecule has 1 aliphatic carbocycles. The van der Waals surface area contributed by atoms with Gasteiger partial charge in [0, 0.05) is 11.6 Å². The predicted molar refractivity (Wildman–Crippen MR) is 73.5 cm³/mol. The van der Waals surface area contributed by atoms with Gasteiger partial charge in [0.1, 0.15) is 0 Å². The predicted octanol–water partition coefficient (Wildman–Crippen LogP) is 2.11. The number of hydrogen-bond donors (Lipinski definition) is 2. The van der Waals surface area contributed by atoms with Gasteiger partial charge in [-0.1, -0.05) is 31.5 Å². The van der Waals surface area contributed by atoms with E-state index in [0.717, 1.165) is 30.4 Å². The van der Waals surface area contributed by atoms with Crippen LogP contribution in [0.15, 0.2) is 24.3 Å². The van der Waals surface area contributed by atoms with Gasteiger partial charge >= 0.3 is 0 Å². The molecule has 2 atom stereocenters. The number of rotatable bonds is 4. The van der Waals surface area contributed by atoms with Gasteiger partial charge in [0.05, 0.1) is 0 Å². The van der Waals surface area contributed by atoms with Crippen molar-refractivity contribution in [2.75, 3.05) is 6.54 Å². The molecule has 0 saturated heterocycles. The molecule has 1 saturated carbocycles. The van der Waals surface area contributed by atoms with Gasteiger partial charge in [-0.25, -0.2) is 0 Å². The van der Waals surface area contributed by atoms with Crippen LogP contribution >= 0.6 is 0 Å². The summed E-state index contributed by atoms with van der Waals surface area (Å²) in [4.78, 5) is 12.3. The second-order valence-corrected chi connectivity index (χ2v) is 5.02. The molecule has 3 nitrogen and oxygen atoms in total. The SMILES string of the molecule is CCc1ccccc1C(=O)NC1CCCC1CN. The number of nitrogens with two attached hydrogens (primary N) is 1. The molecule has 0 bridgehead atoms. The van der Waals surface area contributed by atoms with Crippen molar-refractivity contribution in [1.82, 2.24) is 5.32 Å². The largest absolute Gasteiger partial charge is 0.349 e. The highest BCUT2D eigenvalue weighted by molar-refractivity contribution is 5.95. The lowest BCUT2D eigenvalue weighted by atomic mass is 10.0. The van der Waals surface area contributed by atoms with E-state index in [4.69, 9.17) is 5.73 Å². The van der Waals surface area contributed by atoms with Crippen LogP contribution < -0.4 is 11.1 Å². The Kier molecular flexibility index (Phi) is 4.37. The van der Waals surface area contributed by atoms with Crippen molar-refractivity contribution < 1.29 is 4.79 Å². The van der Waals surface area contributed by atoms with Crippen LogP contribution in [0.1, 0.15) is 42.1 Å². The van der Waals surface area contributed by atoms with Gasteiger partial charge in [-0.2, -0.15) is 0 Å². The van der Waals surface area contributed by atoms with Gasteiger partial charge in [0.25, 0.3) is 5.91 Å². The number of amides is 1. The average molecular weight is 246 g/mol. The zero-order valence-electron chi connectivity index (χ0n) is 11.0. The minimum Gasteiger partial charge on any atom is -0.349 e. The van der Waals surface area contributed by atoms with Crippen LogP contribution in [0.25, 0.3) is 0 Å². The third-order valence-electron chi connectivity index (χ3n) is 3.92. The maximum atomic E-state index is 12.3. The normalized spacial score (nSPS) is 23.0. The molecule has 18 heavy (non-hydrogen) atoms. The lowest BCUT2D eigenvalue weighted by molar-refractivity contribution is 0.0928. The van der Waals surface area contributed by atoms with E-state index >= 15 is 0 Å². The highest BCUT2D eigenvalue weighted by Crippen LogP contribution is 2.25. The van der Waals surface area contributed by atoms with E-state index in [1.54, 1.807) is 0 Å². The molecule has 3 N–H and O–H groups in total. The maximum absolute atomic E-state index is 12.3. The van der Waals surface area contributed by atoms with Gasteiger partial charge in [0.2, 0.25) is 0 Å². The summed E-state index contributed by atoms with van der Waals surface area (Å²) in [6, 6.07) is 8.08. The molecule has 3 heteroatoms. The van der Waals surface area contributed by atoms with Crippen molar-refractivity contribution in [2.45, 2.75) is 38.6 Å². The summed E-state index contributed by atoms with van der Waals surface area (Å²) in [5.74, 6) is 0.500. The summed E-state index contributed by atoms with van der Waals surface area (Å²) in [5, 5.41) is 3.15. The van der Waals surface area contributed by atoms with E-state index in [1.807, 2.05) is 24.3 Å². The van der Waals surface area contributed by atoms with Gasteiger partial charge in [-0.3, -0.25) is 4.79 Å². The third kappa shape index (κ3) is 2.72. The first kappa shape index (κ1) is 13.1. The summed E-state index contributed by atoms with van der Waals surface area (Å²) in [6.07, 6.45) is 4.25. The van der Waals surface area contributed by atoms with E-state index in [1.165, 1.54) is 6.42 Å². The van der Waals surface area contributed by atoms with Crippen LogP contribution in [0.4, 0.5) is 0 Å². The molecule has 0 radical (unpaired) electrons. The molecular formula is C15H22N2O. The molecular weight excluding hydrogens is 224 g/mol. The summed E-state index contributed by atoms with van der Waals surface area (Å²) in [7, 11) is 0. The van der Waals surface area contributed by atoms with E-state index in [9.17, 15) is 4.79 Å². The fraction of sp³-hybridized carbons (Fsp3) is 0.533. The Hall–Kier alpha value is -1.35. The van der Waals surface area contributed by atoms with Crippen molar-refractivity contribution >= 4 is 5.91 Å². The Morgan fingerprint density at radius 1 is 1.39 bits per heavy atom. The van der Waals surface area contributed by atoms with Crippen LogP contribution in [-0.4, -0.2) is 18.5 Å². The Bertz CT molecular complexity index is 417. The summed E-state index contributed by atoms with van der Waals surface area (Å²) < 4.78 is 0. The van der Waals surface area contributed by atoms with Crippen LogP contribution in [0, 0.1) is 5.92 Å². The van der Waals surface area contributed by atoms with E-state index in [-0.39, 0.29) is 11.9 Å². The number of benzene rings is 1. The molecule has 0 spiro atoms. The second-order valence-electron chi connectivity index (χ2n) is 5.02. The molecule has 1 amide bonds. The van der Waals surface area contributed by atoms with Crippen molar-refractivity contribution in [1.29, 1.82) is 0 Å². The molecule has 2 rings (SSSR count). The Morgan fingerprint density at radius 2 is 2.17 bits per heavy atom. The minimum absolute atomic E-state index is 0.0535. The van der Waals surface area contributed by atoms with Crippen LogP contribution in [0.3, 0.4) is 0 Å². The minimum atomic E-state index is 0.0535. The highest BCUT2D eigenvalue weighted by Gasteiger charge is 2.27. The Balaban J connectivity index is 2.07. The Labute approximate surface area is 109 Å². The highest BCUT2D eigenvalue weighted by atomic mass is 16.1. The number of aryl methyl sites for hydroxylation is 1. The number of hydrogen-bond acceptors (Lipinski definition) is 2. The van der Waals surface area contributed by atoms with Crippen LogP contribution in [0.2, 0.25) is 0 Å². The maximum Gasteiger partial charge on any atom is 0.251 e. The van der Waals surface area contributed by atoms with Crippen molar-refractivity contribution in [2.24, 2.45) is 11.7 Å². The first-order chi connectivity index (χ1) is 8.76. The Morgan fingerprint density at radius 3 is 2.89 bits per heavy atom. The fourth-order valence-electron chi connectivity index (χ4n) is 2.81. The smallest absolute Gasteiger partial charge is 0.251 e. The molecule has 0 heterocycles. The average Bonchev–Trinajstić information content (AvgIpc) is 2.85. The molecule has 1 fully saturated rings. The summed E-state index contributed by atoms with van der Waals surface area (Å²) in [5.41, 5.74) is 7.66. The molecule has 1 aromatic carbocycles. The fourth-order valence-corrected chi connectivity index (χ4v) is 2.81. The molecule has 1 aliphatic rings. The van der Waals surface area contributed by atoms with Gasteiger partial charge in [-0.15, -0.1) is 0 Å². The topological polar surface area (TPSA) is 55.1 Å². The second kappa shape index (κ2) is 6.01. The standard InChI is InChI=1S/C15H22N2O/c1-2-11-6-3-4-8-13(11)15(18)17-14-9-5-7-12(14)10-16/h3-4,6,8,12,14H,2,5,7,9-10,16H2,1H3,(H,17,18). The van der Waals surface area contributed by atoms with E-state index < -0.39 is 0 Å². The third-order valence-corrected chi connectivity index (χ3v) is 3.92. The van der Waals surface area contributed by atoms with Crippen molar-refractivity contribution in [3.63, 3.8) is 0 Å². The van der Waals surface area contributed by atoms with Gasteiger partial charge in [0.15, 0.2) is 0 Å². The quantitative estimate of drug-likeness (QED) is 0.855. The zero-order valence-corrected chi connectivity index (χ0v) is 11.0. The molecule has 98 valence electrons. The van der Waals surface area contributed by atoms with E-state index in [0.29, 0.717) is 12.5 Å². The molecule has 2 unspecified atom stereocenters. The molecule has 1 aromatic rings. The van der Waals surface area contributed by atoms with Crippen molar-refractivity contribution in [3.05, 3.63) is 35.4 Å². The first-order valence-electron chi connectivity index (χ1n) is 6.85. The monoisotopic (exact) mass is 246 g/mol. The number of carbonyl (C=O) groups excluding carboxylic acids is 1. The molecule has 0 aliphatic heterocycles. The first-order valence-corrected chi connectivity index (χ1v) is 6.85.